The van der Waals surface area contributed by atoms with Crippen LogP contribution in [0.15, 0.2) is 41.7 Å². The molecule has 94 valence electrons. The minimum Gasteiger partial charge on any atom is -0.393 e. The summed E-state index contributed by atoms with van der Waals surface area (Å²) in [5.41, 5.74) is 1.92. The van der Waals surface area contributed by atoms with Gasteiger partial charge in [-0.2, -0.15) is 0 Å². The van der Waals surface area contributed by atoms with E-state index in [1.807, 2.05) is 37.3 Å². The maximum Gasteiger partial charge on any atom is 0.127 e. The number of pyridine rings is 1. The molecule has 0 bridgehead atoms. The van der Waals surface area contributed by atoms with Gasteiger partial charge in [-0.25, -0.2) is 0 Å². The summed E-state index contributed by atoms with van der Waals surface area (Å²) >= 11 is 0. The van der Waals surface area contributed by atoms with Gasteiger partial charge in [-0.15, -0.1) is 0 Å². The maximum atomic E-state index is 5.40. The molecule has 0 amide bonds. The van der Waals surface area contributed by atoms with Crippen LogP contribution in [0.5, 0.6) is 0 Å². The van der Waals surface area contributed by atoms with Crippen molar-refractivity contribution in [2.75, 3.05) is 0 Å². The molecule has 0 saturated carbocycles. The van der Waals surface area contributed by atoms with Gasteiger partial charge in [-0.3, -0.25) is 4.98 Å². The number of fused-ring (bicyclic) bond motifs is 1. The van der Waals surface area contributed by atoms with Gasteiger partial charge in [0, 0.05) is 17.1 Å². The van der Waals surface area contributed by atoms with Crippen molar-refractivity contribution in [1.29, 1.82) is 0 Å². The standard InChI is InChI=1S/C15H18N2O/c1-11(2)12(3)18-17-10-14-7-4-6-13-8-5-9-16-15(13)14/h4-12H,1-3H3/b17-10+. The number of aromatic nitrogens is 1. The van der Waals surface area contributed by atoms with Gasteiger partial charge in [0.05, 0.1) is 11.7 Å². The lowest BCUT2D eigenvalue weighted by Gasteiger charge is -2.12. The summed E-state index contributed by atoms with van der Waals surface area (Å²) in [4.78, 5) is 9.77. The average Bonchev–Trinajstić information content (AvgIpc) is 2.38. The van der Waals surface area contributed by atoms with E-state index in [4.69, 9.17) is 4.84 Å². The number of hydrogen-bond acceptors (Lipinski definition) is 3. The highest BCUT2D eigenvalue weighted by Gasteiger charge is 2.06. The molecule has 0 radical (unpaired) electrons. The first-order chi connectivity index (χ1) is 8.68. The summed E-state index contributed by atoms with van der Waals surface area (Å²) in [6.07, 6.45) is 3.63. The Morgan fingerprint density at radius 3 is 2.72 bits per heavy atom. The van der Waals surface area contributed by atoms with Gasteiger partial charge in [-0.1, -0.05) is 43.3 Å². The van der Waals surface area contributed by atoms with Crippen LogP contribution in [0.1, 0.15) is 26.3 Å². The van der Waals surface area contributed by atoms with Crippen LogP contribution in [-0.2, 0) is 4.84 Å². The second-order valence-electron chi connectivity index (χ2n) is 4.71. The zero-order valence-corrected chi connectivity index (χ0v) is 11.0. The minimum absolute atomic E-state index is 0.115. The van der Waals surface area contributed by atoms with Crippen molar-refractivity contribution >= 4 is 17.1 Å². The second kappa shape index (κ2) is 5.63. The zero-order valence-electron chi connectivity index (χ0n) is 11.0. The number of rotatable bonds is 4. The number of hydrogen-bond donors (Lipinski definition) is 0. The lowest BCUT2D eigenvalue weighted by atomic mass is 10.1. The molecule has 18 heavy (non-hydrogen) atoms. The van der Waals surface area contributed by atoms with E-state index in [-0.39, 0.29) is 6.10 Å². The van der Waals surface area contributed by atoms with E-state index >= 15 is 0 Å². The monoisotopic (exact) mass is 242 g/mol. The lowest BCUT2D eigenvalue weighted by molar-refractivity contribution is 0.0415. The van der Waals surface area contributed by atoms with Crippen LogP contribution in [0.4, 0.5) is 0 Å². The van der Waals surface area contributed by atoms with Crippen LogP contribution < -0.4 is 0 Å². The Morgan fingerprint density at radius 1 is 1.17 bits per heavy atom. The van der Waals surface area contributed by atoms with E-state index in [2.05, 4.69) is 24.0 Å². The molecule has 2 aromatic rings. The van der Waals surface area contributed by atoms with E-state index in [0.717, 1.165) is 16.5 Å². The van der Waals surface area contributed by atoms with Crippen LogP contribution in [0, 0.1) is 5.92 Å². The molecule has 3 nitrogen and oxygen atoms in total. The molecular formula is C15H18N2O. The summed E-state index contributed by atoms with van der Waals surface area (Å²) in [6, 6.07) is 9.99. The highest BCUT2D eigenvalue weighted by atomic mass is 16.6. The predicted octanol–water partition coefficient (Wildman–Crippen LogP) is 3.63. The Bertz CT molecular complexity index is 544. The van der Waals surface area contributed by atoms with Gasteiger partial charge in [0.2, 0.25) is 0 Å². The quantitative estimate of drug-likeness (QED) is 0.606. The second-order valence-corrected chi connectivity index (χ2v) is 4.71. The molecule has 0 aliphatic carbocycles. The molecule has 1 aromatic heterocycles. The Kier molecular flexibility index (Phi) is 3.92. The SMILES string of the molecule is CC(C)C(C)O/N=C/c1cccc2cccnc12. The van der Waals surface area contributed by atoms with E-state index in [1.165, 1.54) is 0 Å². The van der Waals surface area contributed by atoms with Crippen molar-refractivity contribution in [3.63, 3.8) is 0 Å². The van der Waals surface area contributed by atoms with E-state index in [0.29, 0.717) is 5.92 Å². The van der Waals surface area contributed by atoms with E-state index < -0.39 is 0 Å². The molecular weight excluding hydrogens is 224 g/mol. The normalized spacial score (nSPS) is 13.3. The molecule has 0 saturated heterocycles. The van der Waals surface area contributed by atoms with Gasteiger partial charge >= 0.3 is 0 Å². The molecule has 0 aliphatic heterocycles. The molecule has 2 rings (SSSR count). The minimum atomic E-state index is 0.115. The fourth-order valence-corrected chi connectivity index (χ4v) is 1.54. The highest BCUT2D eigenvalue weighted by molar-refractivity contribution is 5.97. The molecule has 0 aliphatic rings. The van der Waals surface area contributed by atoms with Crippen molar-refractivity contribution in [3.8, 4) is 0 Å². The summed E-state index contributed by atoms with van der Waals surface area (Å²) in [7, 11) is 0. The molecule has 0 N–H and O–H groups in total. The zero-order chi connectivity index (χ0) is 13.0. The van der Waals surface area contributed by atoms with Crippen molar-refractivity contribution in [1.82, 2.24) is 4.98 Å². The summed E-state index contributed by atoms with van der Waals surface area (Å²) in [5, 5.41) is 5.16. The Labute approximate surface area is 107 Å². The maximum absolute atomic E-state index is 5.40. The smallest absolute Gasteiger partial charge is 0.127 e. The lowest BCUT2D eigenvalue weighted by Crippen LogP contribution is -2.12. The molecule has 1 atom stereocenters. The number of nitrogens with zero attached hydrogens (tertiary/aromatic N) is 2. The third-order valence-corrected chi connectivity index (χ3v) is 3.02. The van der Waals surface area contributed by atoms with Crippen LogP contribution in [0.2, 0.25) is 0 Å². The summed E-state index contributed by atoms with van der Waals surface area (Å²) in [6.45, 7) is 6.24. The number of oxime groups is 1. The van der Waals surface area contributed by atoms with Crippen molar-refractivity contribution < 1.29 is 4.84 Å². The fraction of sp³-hybridized carbons (Fsp3) is 0.333. The van der Waals surface area contributed by atoms with Crippen molar-refractivity contribution in [3.05, 3.63) is 42.1 Å². The van der Waals surface area contributed by atoms with Gasteiger partial charge in [0.25, 0.3) is 0 Å². The molecule has 1 unspecified atom stereocenters. The van der Waals surface area contributed by atoms with Gasteiger partial charge in [-0.05, 0) is 18.9 Å². The van der Waals surface area contributed by atoms with Crippen molar-refractivity contribution in [2.45, 2.75) is 26.9 Å². The van der Waals surface area contributed by atoms with Crippen LogP contribution in [0.3, 0.4) is 0 Å². The Morgan fingerprint density at radius 2 is 1.94 bits per heavy atom. The van der Waals surface area contributed by atoms with Gasteiger partial charge in [0.1, 0.15) is 6.10 Å². The van der Waals surface area contributed by atoms with Gasteiger partial charge in [0.15, 0.2) is 0 Å². The molecule has 1 heterocycles. The van der Waals surface area contributed by atoms with Crippen LogP contribution >= 0.6 is 0 Å². The molecule has 0 fully saturated rings. The summed E-state index contributed by atoms with van der Waals surface area (Å²) < 4.78 is 0. The first-order valence-electron chi connectivity index (χ1n) is 6.21. The third kappa shape index (κ3) is 2.86. The van der Waals surface area contributed by atoms with E-state index in [1.54, 1.807) is 12.4 Å². The third-order valence-electron chi connectivity index (χ3n) is 3.02. The van der Waals surface area contributed by atoms with E-state index in [9.17, 15) is 0 Å². The average molecular weight is 242 g/mol. The Balaban J connectivity index is 2.19. The number of para-hydroxylation sites is 1. The number of benzene rings is 1. The fourth-order valence-electron chi connectivity index (χ4n) is 1.54. The van der Waals surface area contributed by atoms with Crippen LogP contribution in [-0.4, -0.2) is 17.3 Å². The topological polar surface area (TPSA) is 34.5 Å². The molecule has 1 aromatic carbocycles. The highest BCUT2D eigenvalue weighted by Crippen LogP contribution is 2.14. The van der Waals surface area contributed by atoms with Crippen molar-refractivity contribution in [2.24, 2.45) is 11.1 Å². The predicted molar refractivity (Wildman–Crippen MR) is 74.7 cm³/mol. The largest absolute Gasteiger partial charge is 0.393 e. The first-order valence-corrected chi connectivity index (χ1v) is 6.21. The molecule has 3 heteroatoms. The molecule has 0 spiro atoms. The Hall–Kier alpha value is -1.90. The van der Waals surface area contributed by atoms with Crippen LogP contribution in [0.25, 0.3) is 10.9 Å². The summed E-state index contributed by atoms with van der Waals surface area (Å²) in [5.74, 6) is 0.452. The van der Waals surface area contributed by atoms with Gasteiger partial charge < -0.3 is 4.84 Å². The first kappa shape index (κ1) is 12.6.